The number of carbonyl (C=O) groups excluding carboxylic acids is 3. The SMILES string of the molecule is CC(=O)N[C@H]1[C@H](O[C@H]2CC[C@]3(C)[C@H]4CC=C5[C@@H]6CC(C)(C)CC[C@]6(C(=O)O[C@@H]6O[C@H](COC(C)=O)[C@@H](O[C@@H]7OC[C@@H](O)[C@H](O)[C@H]7O)[C@H](O)[C@H]6O[C@@H]6OC[C@@H](O)[C@H](O[C@@H]7OC[C@](O)(CO)[C@H]7O)[C@H]6O)[C@H](O)C[C@@]5(C)[C@]4(C)CC[C@H]3C2(C)C)O[C@H](CO[C@@H]2OC[C@H](O)[C@H](O[C@@H]3OC[C@H](O)[C@H](O)[C@H]3O)[C@H]2O)[C@@H](O[C@@H]2O[C@H](CO)[C@@H](O)[C@H](O)[C@H]2O)[C@@H]1O. The molecule has 0 aromatic heterocycles. The Balaban J connectivity index is 0.768. The molecule has 5 aliphatic carbocycles. The Kier molecular flexibility index (Phi) is 27.8. The van der Waals surface area contributed by atoms with Crippen molar-refractivity contribution >= 4 is 17.8 Å². The molecule has 43 atom stereocenters. The first-order chi connectivity index (χ1) is 55.4. The quantitative estimate of drug-likeness (QED) is 0.0272. The van der Waals surface area contributed by atoms with E-state index in [1.807, 2.05) is 0 Å². The van der Waals surface area contributed by atoms with Crippen molar-refractivity contribution in [1.82, 2.24) is 5.32 Å². The van der Waals surface area contributed by atoms with Crippen molar-refractivity contribution in [2.24, 2.45) is 50.2 Å². The molecule has 21 N–H and O–H groups in total. The lowest BCUT2D eigenvalue weighted by molar-refractivity contribution is -0.377. The number of fused-ring (bicyclic) bond motifs is 7. The number of ether oxygens (including phenoxy) is 17. The van der Waals surface area contributed by atoms with Gasteiger partial charge in [0.1, 0.15) is 164 Å². The number of carbonyl (C=O) groups is 3. The molecule has 4 saturated carbocycles. The Labute approximate surface area is 680 Å². The van der Waals surface area contributed by atoms with Crippen molar-refractivity contribution in [2.45, 2.75) is 341 Å². The van der Waals surface area contributed by atoms with Crippen LogP contribution in [-0.2, 0) is 94.9 Å². The molecule has 0 aromatic carbocycles. The minimum absolute atomic E-state index is 0.0361. The molecule has 8 aliphatic heterocycles. The summed E-state index contributed by atoms with van der Waals surface area (Å²) in [6.07, 6.45) is -53.6. The molecule has 8 heterocycles. The minimum atomic E-state index is -2.19. The first-order valence-corrected chi connectivity index (χ1v) is 40.8. The molecular weight excluding hydrogens is 1580 g/mol. The molecule has 0 bridgehead atoms. The molecule has 41 heteroatoms. The van der Waals surface area contributed by atoms with Crippen LogP contribution < -0.4 is 5.32 Å². The lowest BCUT2D eigenvalue weighted by Gasteiger charge is -2.72. The van der Waals surface area contributed by atoms with Crippen LogP contribution in [0.1, 0.15) is 120 Å². The van der Waals surface area contributed by atoms with Crippen molar-refractivity contribution in [2.75, 3.05) is 59.5 Å². The summed E-state index contributed by atoms with van der Waals surface area (Å²) in [7, 11) is 0. The van der Waals surface area contributed by atoms with Crippen LogP contribution in [0.3, 0.4) is 0 Å². The van der Waals surface area contributed by atoms with E-state index < -0.39 is 336 Å². The maximum atomic E-state index is 16.2. The first-order valence-electron chi connectivity index (χ1n) is 40.8. The third-order valence-electron chi connectivity index (χ3n) is 28.7. The van der Waals surface area contributed by atoms with Gasteiger partial charge < -0.3 is 188 Å². The molecule has 41 nitrogen and oxygen atoms in total. The molecule has 13 aliphatic rings. The van der Waals surface area contributed by atoms with Crippen molar-refractivity contribution in [3.05, 3.63) is 11.6 Å². The van der Waals surface area contributed by atoms with Crippen molar-refractivity contribution in [1.29, 1.82) is 0 Å². The maximum Gasteiger partial charge on any atom is 0.317 e. The standard InChI is InChI=1S/C77H123NO40/c1-29(81)78-44-48(91)58(116-67-52(95)49(92)47(90)37(20-79)109-67)39(26-107-63-54(97)56(35(85)23-103-63)113-64-50(93)45(88)33(83)21-104-64)110-62(44)112-43-13-14-73(7)40(72(43,5)6)12-15-74(8)41(73)11-10-31-32-18-71(3,4)16-17-77(32,42(87)19-75(31,74)9)70(100)118-68-60(117-66-55(98)57(36(86)24-106-66)114-69-61(99)76(101,27-80)28-108-69)53(96)59(38(111-68)25-102-30(2)82)115-65-51(94)46(89)34(84)22-105-65/h10,32-69,79-80,83-99,101H,11-28H2,1-9H3,(H,78,81)/t32-,33-,34+,35-,36+,37+,38+,39+,40-,41+,42+,43-,44+,45-,46-,47+,48+,49-,50+,51+,52+,53-,54+,55+,56-,57-,58+,59+,60+,61-,62-,63-,64-,65-,66-,67-,68-,69-,73-,74+,75+,76+,77+/m0/s1. The molecular formula is C77H123NO40. The van der Waals surface area contributed by atoms with Crippen molar-refractivity contribution in [3.63, 3.8) is 0 Å². The van der Waals surface area contributed by atoms with Gasteiger partial charge in [-0.25, -0.2) is 0 Å². The van der Waals surface area contributed by atoms with E-state index in [0.29, 0.717) is 44.9 Å². The molecule has 8 saturated heterocycles. The zero-order valence-electron chi connectivity index (χ0n) is 67.4. The van der Waals surface area contributed by atoms with E-state index in [4.69, 9.17) is 80.5 Å². The molecule has 0 spiro atoms. The van der Waals surface area contributed by atoms with E-state index in [-0.39, 0.29) is 24.7 Å². The van der Waals surface area contributed by atoms with Gasteiger partial charge in [0.05, 0.1) is 65.1 Å². The van der Waals surface area contributed by atoms with Gasteiger partial charge in [-0.3, -0.25) is 14.4 Å². The summed E-state index contributed by atoms with van der Waals surface area (Å²) in [6, 6.07) is -1.47. The van der Waals surface area contributed by atoms with Crippen LogP contribution in [0, 0.1) is 50.2 Å². The third kappa shape index (κ3) is 16.9. The number of nitrogens with one attached hydrogen (secondary N) is 1. The first kappa shape index (κ1) is 92.4. The number of aliphatic hydroxyl groups excluding tert-OH is 19. The summed E-state index contributed by atoms with van der Waals surface area (Å²) in [4.78, 5) is 42.1. The van der Waals surface area contributed by atoms with Gasteiger partial charge in [-0.2, -0.15) is 0 Å². The average molecular weight is 1700 g/mol. The maximum absolute atomic E-state index is 16.2. The zero-order chi connectivity index (χ0) is 85.9. The lowest BCUT2D eigenvalue weighted by Crippen LogP contribution is -2.69. The summed E-state index contributed by atoms with van der Waals surface area (Å²) in [5, 5.41) is 225. The van der Waals surface area contributed by atoms with Gasteiger partial charge in [0.25, 0.3) is 0 Å². The van der Waals surface area contributed by atoms with Gasteiger partial charge in [-0.05, 0) is 103 Å². The molecule has 12 fully saturated rings. The molecule has 118 heavy (non-hydrogen) atoms. The second kappa shape index (κ2) is 35.5. The highest BCUT2D eigenvalue weighted by atomic mass is 16.8. The van der Waals surface area contributed by atoms with Gasteiger partial charge in [0, 0.05) is 13.8 Å². The highest BCUT2D eigenvalue weighted by molar-refractivity contribution is 5.80. The Hall–Kier alpha value is -3.25. The molecule has 1 amide bonds. The van der Waals surface area contributed by atoms with Crippen LogP contribution in [0.5, 0.6) is 0 Å². The third-order valence-corrected chi connectivity index (χ3v) is 28.7. The normalized spacial score (nSPS) is 52.0. The Morgan fingerprint density at radius 1 is 0.492 bits per heavy atom. The van der Waals surface area contributed by atoms with Gasteiger partial charge >= 0.3 is 11.9 Å². The average Bonchev–Trinajstić information content (AvgIpc) is 0.755. The van der Waals surface area contributed by atoms with Crippen molar-refractivity contribution in [3.8, 4) is 0 Å². The van der Waals surface area contributed by atoms with Crippen LogP contribution in [0.4, 0.5) is 0 Å². The Bertz CT molecular complexity index is 3480. The fourth-order valence-electron chi connectivity index (χ4n) is 21.7. The monoisotopic (exact) mass is 1700 g/mol. The number of aliphatic hydroxyl groups is 20. The van der Waals surface area contributed by atoms with Gasteiger partial charge in [0.2, 0.25) is 12.2 Å². The summed E-state index contributed by atoms with van der Waals surface area (Å²) in [5.74, 6) is -3.44. The number of amides is 1. The molecule has 0 radical (unpaired) electrons. The topological polar surface area (TPSA) is 625 Å². The Morgan fingerprint density at radius 2 is 1.03 bits per heavy atom. The smallest absolute Gasteiger partial charge is 0.317 e. The van der Waals surface area contributed by atoms with Crippen LogP contribution in [-0.4, -0.2) is 400 Å². The van der Waals surface area contributed by atoms with Gasteiger partial charge in [-0.15, -0.1) is 0 Å². The largest absolute Gasteiger partial charge is 0.463 e. The van der Waals surface area contributed by atoms with Gasteiger partial charge in [0.15, 0.2) is 50.1 Å². The summed E-state index contributed by atoms with van der Waals surface area (Å²) >= 11 is 0. The van der Waals surface area contributed by atoms with E-state index in [0.717, 1.165) is 12.5 Å². The van der Waals surface area contributed by atoms with E-state index >= 15 is 4.79 Å². The van der Waals surface area contributed by atoms with Crippen LogP contribution in [0.25, 0.3) is 0 Å². The van der Waals surface area contributed by atoms with Crippen LogP contribution >= 0.6 is 0 Å². The summed E-state index contributed by atoms with van der Waals surface area (Å²) in [6.45, 7) is 11.1. The van der Waals surface area contributed by atoms with Gasteiger partial charge in [-0.1, -0.05) is 60.1 Å². The molecule has 676 valence electrons. The summed E-state index contributed by atoms with van der Waals surface area (Å²) in [5.41, 5.74) is -6.16. The number of allylic oxidation sites excluding steroid dienone is 2. The van der Waals surface area contributed by atoms with E-state index in [9.17, 15) is 112 Å². The van der Waals surface area contributed by atoms with Crippen molar-refractivity contribution < 1.29 is 197 Å². The zero-order valence-corrected chi connectivity index (χ0v) is 67.4. The molecule has 13 rings (SSSR count). The molecule has 0 aromatic rings. The highest BCUT2D eigenvalue weighted by Crippen LogP contribution is 2.76. The second-order valence-electron chi connectivity index (χ2n) is 36.9. The number of esters is 2. The number of hydrogen-bond acceptors (Lipinski definition) is 40. The number of hydrogen-bond donors (Lipinski definition) is 21. The van der Waals surface area contributed by atoms with E-state index in [1.54, 1.807) is 0 Å². The fourth-order valence-corrected chi connectivity index (χ4v) is 21.7. The van der Waals surface area contributed by atoms with Crippen LogP contribution in [0.2, 0.25) is 0 Å². The lowest BCUT2D eigenvalue weighted by atomic mass is 9.33. The second-order valence-corrected chi connectivity index (χ2v) is 36.9. The van der Waals surface area contributed by atoms with Crippen LogP contribution in [0.15, 0.2) is 11.6 Å². The predicted octanol–water partition coefficient (Wildman–Crippen LogP) is -7.86. The summed E-state index contributed by atoms with van der Waals surface area (Å²) < 4.78 is 102. The molecule has 0 unspecified atom stereocenters. The fraction of sp³-hybridized carbons (Fsp3) is 0.935. The van der Waals surface area contributed by atoms with E-state index in [2.05, 4.69) is 59.9 Å². The minimum Gasteiger partial charge on any atom is -0.463 e. The van der Waals surface area contributed by atoms with E-state index in [1.165, 1.54) is 6.92 Å². The highest BCUT2D eigenvalue weighted by Gasteiger charge is 2.73. The Morgan fingerprint density at radius 3 is 1.63 bits per heavy atom. The number of rotatable bonds is 22. The predicted molar refractivity (Wildman–Crippen MR) is 386 cm³/mol.